The van der Waals surface area contributed by atoms with Crippen molar-refractivity contribution in [1.82, 2.24) is 4.98 Å². The van der Waals surface area contributed by atoms with E-state index in [1.807, 2.05) is 4.90 Å². The lowest BCUT2D eigenvalue weighted by Gasteiger charge is -2.16. The number of pyridine rings is 1. The quantitative estimate of drug-likeness (QED) is 0.722. The van der Waals surface area contributed by atoms with E-state index in [1.54, 1.807) is 26.4 Å². The zero-order valence-electron chi connectivity index (χ0n) is 9.39. The Labute approximate surface area is 94.0 Å². The van der Waals surface area contributed by atoms with Crippen molar-refractivity contribution in [2.45, 2.75) is 12.2 Å². The Bertz CT molecular complexity index is 350. The van der Waals surface area contributed by atoms with E-state index in [9.17, 15) is 4.39 Å². The van der Waals surface area contributed by atoms with Crippen LogP contribution in [0.3, 0.4) is 0 Å². The van der Waals surface area contributed by atoms with Gasteiger partial charge >= 0.3 is 0 Å². The van der Waals surface area contributed by atoms with Gasteiger partial charge in [-0.25, -0.2) is 4.98 Å². The van der Waals surface area contributed by atoms with Crippen molar-refractivity contribution in [3.05, 3.63) is 24.1 Å². The Kier molecular flexibility index (Phi) is 3.36. The molecule has 0 N–H and O–H groups in total. The molecule has 0 aliphatic carbocycles. The summed E-state index contributed by atoms with van der Waals surface area (Å²) < 4.78 is 23.6. The number of methoxy groups -OCH3 is 2. The van der Waals surface area contributed by atoms with Crippen molar-refractivity contribution in [3.8, 4) is 0 Å². The molecule has 2 heterocycles. The van der Waals surface area contributed by atoms with Gasteiger partial charge < -0.3 is 14.4 Å². The predicted octanol–water partition coefficient (Wildman–Crippen LogP) is 1.07. The van der Waals surface area contributed by atoms with E-state index in [2.05, 4.69) is 4.98 Å². The molecule has 4 nitrogen and oxygen atoms in total. The van der Waals surface area contributed by atoms with Crippen LogP contribution in [0.2, 0.25) is 0 Å². The molecule has 16 heavy (non-hydrogen) atoms. The molecule has 88 valence electrons. The van der Waals surface area contributed by atoms with Crippen molar-refractivity contribution >= 4 is 5.82 Å². The van der Waals surface area contributed by atoms with Crippen molar-refractivity contribution < 1.29 is 13.9 Å². The van der Waals surface area contributed by atoms with Crippen LogP contribution in [0.4, 0.5) is 10.2 Å². The van der Waals surface area contributed by atoms with Crippen LogP contribution in [-0.4, -0.2) is 44.5 Å². The first-order chi connectivity index (χ1) is 7.74. The fraction of sp³-hybridized carbons (Fsp3) is 0.545. The fourth-order valence-corrected chi connectivity index (χ4v) is 1.96. The van der Waals surface area contributed by atoms with Gasteiger partial charge in [-0.1, -0.05) is 6.07 Å². The van der Waals surface area contributed by atoms with Crippen molar-refractivity contribution in [2.24, 2.45) is 0 Å². The molecule has 0 aromatic carbocycles. The summed E-state index contributed by atoms with van der Waals surface area (Å²) >= 11 is 0. The zero-order chi connectivity index (χ0) is 11.5. The summed E-state index contributed by atoms with van der Waals surface area (Å²) in [7, 11) is 3.30. The maximum atomic E-state index is 13.0. The number of nitrogens with zero attached hydrogens (tertiary/aromatic N) is 2. The van der Waals surface area contributed by atoms with Gasteiger partial charge in [0.25, 0.3) is 0 Å². The van der Waals surface area contributed by atoms with Gasteiger partial charge in [0.15, 0.2) is 0 Å². The third kappa shape index (κ3) is 2.15. The lowest BCUT2D eigenvalue weighted by Crippen LogP contribution is -2.27. The molecular formula is C11H15FN2O2. The Morgan fingerprint density at radius 1 is 1.25 bits per heavy atom. The summed E-state index contributed by atoms with van der Waals surface area (Å²) in [6, 6.07) is 4.77. The summed E-state index contributed by atoms with van der Waals surface area (Å²) in [6.07, 6.45) is 0.0186. The molecule has 2 rings (SSSR count). The Balaban J connectivity index is 2.12. The highest BCUT2D eigenvalue weighted by Gasteiger charge is 2.33. The summed E-state index contributed by atoms with van der Waals surface area (Å²) in [5.74, 6) is 0.161. The van der Waals surface area contributed by atoms with Gasteiger partial charge in [0, 0.05) is 27.3 Å². The van der Waals surface area contributed by atoms with E-state index < -0.39 is 5.95 Å². The fourth-order valence-electron chi connectivity index (χ4n) is 1.96. The van der Waals surface area contributed by atoms with E-state index in [0.29, 0.717) is 18.9 Å². The maximum absolute atomic E-state index is 13.0. The molecule has 2 atom stereocenters. The van der Waals surface area contributed by atoms with Crippen LogP contribution in [0, 0.1) is 5.95 Å². The van der Waals surface area contributed by atoms with E-state index in [1.165, 1.54) is 6.07 Å². The summed E-state index contributed by atoms with van der Waals surface area (Å²) in [5.41, 5.74) is 0. The minimum atomic E-state index is -0.465. The second kappa shape index (κ2) is 4.76. The Morgan fingerprint density at radius 2 is 1.88 bits per heavy atom. The smallest absolute Gasteiger partial charge is 0.214 e. The minimum Gasteiger partial charge on any atom is -0.377 e. The number of ether oxygens (including phenoxy) is 2. The van der Waals surface area contributed by atoms with Gasteiger partial charge in [-0.15, -0.1) is 0 Å². The van der Waals surface area contributed by atoms with Gasteiger partial charge in [-0.3, -0.25) is 0 Å². The average Bonchev–Trinajstić information content (AvgIpc) is 2.72. The minimum absolute atomic E-state index is 0.00932. The average molecular weight is 226 g/mol. The van der Waals surface area contributed by atoms with Crippen LogP contribution < -0.4 is 4.90 Å². The molecule has 1 aromatic heterocycles. The monoisotopic (exact) mass is 226 g/mol. The molecule has 0 saturated carbocycles. The topological polar surface area (TPSA) is 34.6 Å². The van der Waals surface area contributed by atoms with Gasteiger partial charge in [-0.2, -0.15) is 4.39 Å². The highest BCUT2D eigenvalue weighted by atomic mass is 19.1. The van der Waals surface area contributed by atoms with E-state index in [-0.39, 0.29) is 12.2 Å². The van der Waals surface area contributed by atoms with Crippen LogP contribution in [0.1, 0.15) is 0 Å². The summed E-state index contributed by atoms with van der Waals surface area (Å²) in [5, 5.41) is 0. The van der Waals surface area contributed by atoms with Gasteiger partial charge in [0.2, 0.25) is 5.95 Å². The normalized spacial score (nSPS) is 25.1. The van der Waals surface area contributed by atoms with Gasteiger partial charge in [-0.05, 0) is 12.1 Å². The van der Waals surface area contributed by atoms with E-state index in [0.717, 1.165) is 0 Å². The van der Waals surface area contributed by atoms with E-state index >= 15 is 0 Å². The van der Waals surface area contributed by atoms with Crippen molar-refractivity contribution in [1.29, 1.82) is 0 Å². The predicted molar refractivity (Wildman–Crippen MR) is 58.0 cm³/mol. The lowest BCUT2D eigenvalue weighted by atomic mass is 10.3. The highest BCUT2D eigenvalue weighted by molar-refractivity contribution is 5.40. The molecule has 0 radical (unpaired) electrons. The summed E-state index contributed by atoms with van der Waals surface area (Å²) in [4.78, 5) is 5.80. The second-order valence-electron chi connectivity index (χ2n) is 3.77. The molecule has 5 heteroatoms. The molecule has 1 saturated heterocycles. The van der Waals surface area contributed by atoms with Crippen molar-refractivity contribution in [2.75, 3.05) is 32.2 Å². The number of anilines is 1. The summed E-state index contributed by atoms with van der Waals surface area (Å²) in [6.45, 7) is 1.34. The van der Waals surface area contributed by atoms with Crippen LogP contribution >= 0.6 is 0 Å². The molecule has 1 aliphatic heterocycles. The first-order valence-corrected chi connectivity index (χ1v) is 5.17. The lowest BCUT2D eigenvalue weighted by molar-refractivity contribution is -0.00461. The molecular weight excluding hydrogens is 211 g/mol. The number of hydrogen-bond acceptors (Lipinski definition) is 4. The van der Waals surface area contributed by atoms with Crippen molar-refractivity contribution in [3.63, 3.8) is 0 Å². The second-order valence-corrected chi connectivity index (χ2v) is 3.77. The molecule has 0 spiro atoms. The Morgan fingerprint density at radius 3 is 2.38 bits per heavy atom. The zero-order valence-corrected chi connectivity index (χ0v) is 9.39. The van der Waals surface area contributed by atoms with Gasteiger partial charge in [0.1, 0.15) is 18.0 Å². The van der Waals surface area contributed by atoms with E-state index in [4.69, 9.17) is 9.47 Å². The van der Waals surface area contributed by atoms with Crippen LogP contribution in [-0.2, 0) is 9.47 Å². The van der Waals surface area contributed by atoms with Gasteiger partial charge in [0.05, 0.1) is 0 Å². The molecule has 2 unspecified atom stereocenters. The number of halogens is 1. The largest absolute Gasteiger partial charge is 0.377 e. The highest BCUT2D eigenvalue weighted by Crippen LogP contribution is 2.21. The molecule has 0 amide bonds. The van der Waals surface area contributed by atoms with Crippen LogP contribution in [0.25, 0.3) is 0 Å². The third-order valence-corrected chi connectivity index (χ3v) is 2.85. The first-order valence-electron chi connectivity index (χ1n) is 5.17. The number of aromatic nitrogens is 1. The van der Waals surface area contributed by atoms with Crippen LogP contribution in [0.5, 0.6) is 0 Å². The molecule has 1 aromatic rings. The molecule has 1 fully saturated rings. The Hall–Kier alpha value is -1.20. The van der Waals surface area contributed by atoms with Crippen LogP contribution in [0.15, 0.2) is 18.2 Å². The maximum Gasteiger partial charge on any atom is 0.214 e. The third-order valence-electron chi connectivity index (χ3n) is 2.85. The molecule has 0 bridgehead atoms. The first kappa shape index (κ1) is 11.3. The number of rotatable bonds is 3. The number of hydrogen-bond donors (Lipinski definition) is 0. The standard InChI is InChI=1S/C11H15FN2O2/c1-15-8-6-14(7-9(8)16-2)11-5-3-4-10(12)13-11/h3-5,8-9H,6-7H2,1-2H3. The SMILES string of the molecule is COC1CN(c2cccc(F)n2)CC1OC. The molecule has 1 aliphatic rings.